The highest BCUT2D eigenvalue weighted by Gasteiger charge is 2.30. The van der Waals surface area contributed by atoms with E-state index in [0.29, 0.717) is 27.2 Å². The molecule has 1 N–H and O–H groups in total. The fourth-order valence-electron chi connectivity index (χ4n) is 2.28. The number of nitrogens with one attached hydrogen (secondary N) is 1. The fourth-order valence-corrected chi connectivity index (χ4v) is 3.11. The SMILES string of the molecule is O=C(Cc1csc(COc2ccc(Cl)cc2)n1)Nc1ccc(OC(F)(F)F)cc1. The summed E-state index contributed by atoms with van der Waals surface area (Å²) in [4.78, 5) is 16.5. The van der Waals surface area contributed by atoms with Crippen LogP contribution in [-0.2, 0) is 17.8 Å². The molecular weight excluding hydrogens is 429 g/mol. The van der Waals surface area contributed by atoms with E-state index >= 15 is 0 Å². The van der Waals surface area contributed by atoms with Crippen molar-refractivity contribution in [2.75, 3.05) is 5.32 Å². The Kier molecular flexibility index (Phi) is 6.60. The zero-order chi connectivity index (χ0) is 20.9. The third kappa shape index (κ3) is 6.95. The topological polar surface area (TPSA) is 60.5 Å². The van der Waals surface area contributed by atoms with Crippen LogP contribution in [0.1, 0.15) is 10.7 Å². The Morgan fingerprint density at radius 3 is 2.38 bits per heavy atom. The lowest BCUT2D eigenvalue weighted by atomic mass is 10.2. The summed E-state index contributed by atoms with van der Waals surface area (Å²) in [5.74, 6) is -0.0490. The van der Waals surface area contributed by atoms with Crippen LogP contribution in [0.25, 0.3) is 0 Å². The largest absolute Gasteiger partial charge is 0.573 e. The Bertz CT molecular complexity index is 960. The van der Waals surface area contributed by atoms with Crippen LogP contribution in [0.4, 0.5) is 18.9 Å². The number of benzene rings is 2. The summed E-state index contributed by atoms with van der Waals surface area (Å²) in [5.41, 5.74) is 0.922. The summed E-state index contributed by atoms with van der Waals surface area (Å²) in [5, 5.41) is 5.67. The Hall–Kier alpha value is -2.78. The molecule has 29 heavy (non-hydrogen) atoms. The van der Waals surface area contributed by atoms with E-state index in [1.807, 2.05) is 0 Å². The molecule has 10 heteroatoms. The van der Waals surface area contributed by atoms with Crippen molar-refractivity contribution in [3.05, 3.63) is 69.6 Å². The van der Waals surface area contributed by atoms with Crippen molar-refractivity contribution in [1.29, 1.82) is 0 Å². The molecule has 1 aromatic heterocycles. The van der Waals surface area contributed by atoms with Crippen LogP contribution in [0.3, 0.4) is 0 Å². The molecule has 2 aromatic carbocycles. The molecule has 0 radical (unpaired) electrons. The molecule has 5 nitrogen and oxygen atoms in total. The van der Waals surface area contributed by atoms with E-state index < -0.39 is 6.36 Å². The molecule has 3 rings (SSSR count). The summed E-state index contributed by atoms with van der Waals surface area (Å²) < 4.78 is 45.8. The molecule has 0 aliphatic heterocycles. The van der Waals surface area contributed by atoms with Crippen molar-refractivity contribution in [2.45, 2.75) is 19.4 Å². The van der Waals surface area contributed by atoms with Crippen LogP contribution in [-0.4, -0.2) is 17.3 Å². The number of rotatable bonds is 7. The molecule has 0 saturated carbocycles. The number of hydrogen-bond donors (Lipinski definition) is 1. The monoisotopic (exact) mass is 442 g/mol. The van der Waals surface area contributed by atoms with Gasteiger partial charge in [-0.05, 0) is 48.5 Å². The first-order valence-electron chi connectivity index (χ1n) is 8.24. The van der Waals surface area contributed by atoms with Crippen LogP contribution in [0.2, 0.25) is 5.02 Å². The second kappa shape index (κ2) is 9.15. The number of alkyl halides is 3. The zero-order valence-electron chi connectivity index (χ0n) is 14.7. The number of carbonyl (C=O) groups excluding carboxylic acids is 1. The van der Waals surface area contributed by atoms with Crippen LogP contribution in [0.5, 0.6) is 11.5 Å². The minimum atomic E-state index is -4.76. The third-order valence-corrected chi connectivity index (χ3v) is 4.61. The van der Waals surface area contributed by atoms with Crippen LogP contribution < -0.4 is 14.8 Å². The lowest BCUT2D eigenvalue weighted by Crippen LogP contribution is -2.17. The number of halogens is 4. The van der Waals surface area contributed by atoms with Gasteiger partial charge in [0.25, 0.3) is 0 Å². The van der Waals surface area contributed by atoms with Crippen molar-refractivity contribution < 1.29 is 27.4 Å². The summed E-state index contributed by atoms with van der Waals surface area (Å²) in [6.07, 6.45) is -4.73. The summed E-state index contributed by atoms with van der Waals surface area (Å²) in [7, 11) is 0. The van der Waals surface area contributed by atoms with Gasteiger partial charge in [0.15, 0.2) is 0 Å². The second-order valence-corrected chi connectivity index (χ2v) is 7.15. The van der Waals surface area contributed by atoms with E-state index in [1.165, 1.54) is 23.5 Å². The molecule has 1 heterocycles. The van der Waals surface area contributed by atoms with Gasteiger partial charge in [-0.3, -0.25) is 4.79 Å². The Morgan fingerprint density at radius 1 is 1.07 bits per heavy atom. The van der Waals surface area contributed by atoms with Gasteiger partial charge < -0.3 is 14.8 Å². The highest BCUT2D eigenvalue weighted by Crippen LogP contribution is 2.24. The highest BCUT2D eigenvalue weighted by molar-refractivity contribution is 7.09. The van der Waals surface area contributed by atoms with Crippen molar-refractivity contribution in [2.24, 2.45) is 0 Å². The highest BCUT2D eigenvalue weighted by atomic mass is 35.5. The summed E-state index contributed by atoms with van der Waals surface area (Å²) >= 11 is 7.18. The number of anilines is 1. The summed E-state index contributed by atoms with van der Waals surface area (Å²) in [6, 6.07) is 11.8. The summed E-state index contributed by atoms with van der Waals surface area (Å²) in [6.45, 7) is 0.259. The lowest BCUT2D eigenvalue weighted by Gasteiger charge is -2.09. The van der Waals surface area contributed by atoms with E-state index in [4.69, 9.17) is 16.3 Å². The Morgan fingerprint density at radius 2 is 1.72 bits per heavy atom. The molecule has 0 saturated heterocycles. The Balaban J connectivity index is 1.49. The minimum absolute atomic E-state index is 0.0260. The fraction of sp³-hybridized carbons (Fsp3) is 0.158. The lowest BCUT2D eigenvalue weighted by molar-refractivity contribution is -0.274. The van der Waals surface area contributed by atoms with Gasteiger partial charge >= 0.3 is 6.36 Å². The molecule has 0 unspecified atom stereocenters. The predicted octanol–water partition coefficient (Wildman–Crippen LogP) is 5.46. The van der Waals surface area contributed by atoms with Crippen molar-refractivity contribution in [1.82, 2.24) is 4.98 Å². The number of amides is 1. The number of thiazole rings is 1. The smallest absolute Gasteiger partial charge is 0.486 e. The first-order chi connectivity index (χ1) is 13.8. The normalized spacial score (nSPS) is 11.2. The molecule has 0 aliphatic carbocycles. The van der Waals surface area contributed by atoms with Gasteiger partial charge in [-0.1, -0.05) is 11.6 Å². The van der Waals surface area contributed by atoms with E-state index in [0.717, 1.165) is 12.1 Å². The number of carbonyl (C=O) groups is 1. The van der Waals surface area contributed by atoms with Crippen LogP contribution in [0, 0.1) is 0 Å². The van der Waals surface area contributed by atoms with Gasteiger partial charge in [0.1, 0.15) is 23.1 Å². The molecule has 152 valence electrons. The molecule has 0 bridgehead atoms. The predicted molar refractivity (Wildman–Crippen MR) is 103 cm³/mol. The molecular formula is C19H14ClF3N2O3S. The first-order valence-corrected chi connectivity index (χ1v) is 9.50. The van der Waals surface area contributed by atoms with Crippen molar-refractivity contribution >= 4 is 34.5 Å². The molecule has 0 atom stereocenters. The number of ether oxygens (including phenoxy) is 2. The molecule has 0 fully saturated rings. The van der Waals surface area contributed by atoms with E-state index in [2.05, 4.69) is 15.0 Å². The van der Waals surface area contributed by atoms with Crippen LogP contribution in [0.15, 0.2) is 53.9 Å². The molecule has 0 spiro atoms. The van der Waals surface area contributed by atoms with E-state index in [-0.39, 0.29) is 24.7 Å². The maximum absolute atomic E-state index is 12.2. The van der Waals surface area contributed by atoms with Gasteiger partial charge in [-0.25, -0.2) is 4.98 Å². The number of hydrogen-bond acceptors (Lipinski definition) is 5. The quantitative estimate of drug-likeness (QED) is 0.528. The van der Waals surface area contributed by atoms with Gasteiger partial charge in [-0.15, -0.1) is 24.5 Å². The van der Waals surface area contributed by atoms with Crippen LogP contribution >= 0.6 is 22.9 Å². The second-order valence-electron chi connectivity index (χ2n) is 5.77. The molecule has 3 aromatic rings. The first kappa shape index (κ1) is 20.9. The standard InChI is InChI=1S/C19H14ClF3N2O3S/c20-12-1-5-15(6-2-12)27-10-18-25-14(11-29-18)9-17(26)24-13-3-7-16(8-4-13)28-19(21,22)23/h1-8,11H,9-10H2,(H,24,26). The molecule has 0 aliphatic rings. The van der Waals surface area contributed by atoms with Gasteiger partial charge in [0.05, 0.1) is 12.1 Å². The van der Waals surface area contributed by atoms with Crippen molar-refractivity contribution in [3.8, 4) is 11.5 Å². The van der Waals surface area contributed by atoms with Gasteiger partial charge in [0, 0.05) is 16.1 Å². The zero-order valence-corrected chi connectivity index (χ0v) is 16.3. The van der Waals surface area contributed by atoms with Gasteiger partial charge in [0.2, 0.25) is 5.91 Å². The third-order valence-electron chi connectivity index (χ3n) is 3.49. The van der Waals surface area contributed by atoms with E-state index in [9.17, 15) is 18.0 Å². The maximum Gasteiger partial charge on any atom is 0.573 e. The van der Waals surface area contributed by atoms with E-state index in [1.54, 1.807) is 29.6 Å². The maximum atomic E-state index is 12.2. The van der Waals surface area contributed by atoms with Crippen molar-refractivity contribution in [3.63, 3.8) is 0 Å². The molecule has 1 amide bonds. The minimum Gasteiger partial charge on any atom is -0.486 e. The Labute approximate surface area is 173 Å². The number of nitrogens with zero attached hydrogens (tertiary/aromatic N) is 1. The number of aromatic nitrogens is 1. The van der Waals surface area contributed by atoms with Gasteiger partial charge in [-0.2, -0.15) is 0 Å². The average molecular weight is 443 g/mol. The average Bonchev–Trinajstić information content (AvgIpc) is 3.09.